The minimum Gasteiger partial charge on any atom is -0.364 e. The largest absolute Gasteiger partial charge is 0.364 e. The topological polar surface area (TPSA) is 95.8 Å². The van der Waals surface area contributed by atoms with Crippen molar-refractivity contribution in [2.24, 2.45) is 5.73 Å². The molecule has 0 saturated carbocycles. The smallest absolute Gasteiger partial charge is 0.335 e. The summed E-state index contributed by atoms with van der Waals surface area (Å²) < 4.78 is 16.4. The number of nitrogens with two attached hydrogens (primary N) is 1. The van der Waals surface area contributed by atoms with Gasteiger partial charge in [0.15, 0.2) is 17.2 Å². The molecule has 8 heteroatoms. The number of carbonyl (C=O) groups excluding carboxylic acids is 1. The lowest BCUT2D eigenvalue weighted by molar-refractivity contribution is 0.0997. The highest BCUT2D eigenvalue weighted by Gasteiger charge is 2.24. The number of imidazole rings is 1. The summed E-state index contributed by atoms with van der Waals surface area (Å²) in [5.41, 5.74) is 8.55. The SMILES string of the molecule is Cc1ccccc1-c1nc(C(N)=O)c2c(n1)n(-c1ccc(F)cc1)c(=O)n2Cc1ccccc1. The highest BCUT2D eigenvalue weighted by molar-refractivity contribution is 6.02. The van der Waals surface area contributed by atoms with E-state index in [1.54, 1.807) is 0 Å². The lowest BCUT2D eigenvalue weighted by atomic mass is 10.1. The normalized spacial score (nSPS) is 11.1. The highest BCUT2D eigenvalue weighted by Crippen LogP contribution is 2.26. The monoisotopic (exact) mass is 453 g/mol. The lowest BCUT2D eigenvalue weighted by Gasteiger charge is -2.09. The van der Waals surface area contributed by atoms with Crippen molar-refractivity contribution in [2.75, 3.05) is 0 Å². The predicted molar refractivity (Wildman–Crippen MR) is 127 cm³/mol. The number of amides is 1. The minimum absolute atomic E-state index is 0.0582. The number of hydrogen-bond acceptors (Lipinski definition) is 4. The van der Waals surface area contributed by atoms with E-state index in [4.69, 9.17) is 10.7 Å². The van der Waals surface area contributed by atoms with Gasteiger partial charge >= 0.3 is 5.69 Å². The first kappa shape index (κ1) is 21.3. The molecule has 0 bridgehead atoms. The first-order valence-electron chi connectivity index (χ1n) is 10.6. The molecule has 2 N–H and O–H groups in total. The molecule has 0 aliphatic rings. The van der Waals surface area contributed by atoms with Gasteiger partial charge in [0, 0.05) is 5.56 Å². The van der Waals surface area contributed by atoms with Crippen LogP contribution in [0.5, 0.6) is 0 Å². The average molecular weight is 453 g/mol. The fourth-order valence-electron chi connectivity index (χ4n) is 4.01. The molecule has 0 saturated heterocycles. The van der Waals surface area contributed by atoms with E-state index in [9.17, 15) is 14.0 Å². The molecule has 0 radical (unpaired) electrons. The zero-order chi connectivity index (χ0) is 23.8. The Labute approximate surface area is 193 Å². The maximum absolute atomic E-state index is 13.7. The molecular weight excluding hydrogens is 433 g/mol. The summed E-state index contributed by atoms with van der Waals surface area (Å²) in [6, 6.07) is 22.3. The van der Waals surface area contributed by atoms with E-state index >= 15 is 0 Å². The van der Waals surface area contributed by atoms with Crippen molar-refractivity contribution in [2.45, 2.75) is 13.5 Å². The van der Waals surface area contributed by atoms with Gasteiger partial charge in [-0.25, -0.2) is 23.7 Å². The van der Waals surface area contributed by atoms with Crippen LogP contribution < -0.4 is 11.4 Å². The molecule has 0 atom stereocenters. The molecule has 0 fully saturated rings. The molecular formula is C26H20FN5O2. The highest BCUT2D eigenvalue weighted by atomic mass is 19.1. The number of rotatable bonds is 5. The summed E-state index contributed by atoms with van der Waals surface area (Å²) in [6.45, 7) is 2.08. The molecule has 34 heavy (non-hydrogen) atoms. The van der Waals surface area contributed by atoms with E-state index in [0.29, 0.717) is 11.3 Å². The second-order valence-electron chi connectivity index (χ2n) is 7.91. The Hall–Kier alpha value is -4.59. The van der Waals surface area contributed by atoms with Crippen molar-refractivity contribution in [3.8, 4) is 17.1 Å². The van der Waals surface area contributed by atoms with Crippen molar-refractivity contribution in [1.29, 1.82) is 0 Å². The first-order valence-corrected chi connectivity index (χ1v) is 10.6. The van der Waals surface area contributed by atoms with Crippen LogP contribution in [0.15, 0.2) is 83.7 Å². The van der Waals surface area contributed by atoms with Crippen molar-refractivity contribution < 1.29 is 9.18 Å². The number of aromatic nitrogens is 4. The van der Waals surface area contributed by atoms with Crippen molar-refractivity contribution in [3.63, 3.8) is 0 Å². The molecule has 2 heterocycles. The maximum Gasteiger partial charge on any atom is 0.335 e. The van der Waals surface area contributed by atoms with E-state index in [1.165, 1.54) is 33.4 Å². The number of hydrogen-bond donors (Lipinski definition) is 1. The maximum atomic E-state index is 13.7. The third-order valence-corrected chi connectivity index (χ3v) is 5.66. The predicted octanol–water partition coefficient (Wildman–Crippen LogP) is 3.84. The Kier molecular flexibility index (Phi) is 5.25. The summed E-state index contributed by atoms with van der Waals surface area (Å²) in [4.78, 5) is 35.4. The van der Waals surface area contributed by atoms with Gasteiger partial charge in [-0.15, -0.1) is 0 Å². The van der Waals surface area contributed by atoms with E-state index in [0.717, 1.165) is 11.1 Å². The van der Waals surface area contributed by atoms with E-state index < -0.39 is 17.4 Å². The summed E-state index contributed by atoms with van der Waals surface area (Å²) in [5, 5.41) is 0. The van der Waals surface area contributed by atoms with Crippen LogP contribution in [-0.4, -0.2) is 25.0 Å². The third-order valence-electron chi connectivity index (χ3n) is 5.66. The van der Waals surface area contributed by atoms with Crippen LogP contribution in [0.25, 0.3) is 28.2 Å². The number of fused-ring (bicyclic) bond motifs is 1. The molecule has 0 aliphatic carbocycles. The fraction of sp³-hybridized carbons (Fsp3) is 0.0769. The molecule has 0 unspecified atom stereocenters. The van der Waals surface area contributed by atoms with Crippen LogP contribution >= 0.6 is 0 Å². The summed E-state index contributed by atoms with van der Waals surface area (Å²) >= 11 is 0. The number of aryl methyl sites for hydroxylation is 1. The molecule has 0 spiro atoms. The summed E-state index contributed by atoms with van der Waals surface area (Å²) in [6.07, 6.45) is 0. The zero-order valence-electron chi connectivity index (χ0n) is 18.3. The molecule has 3 aromatic carbocycles. The molecule has 5 rings (SSSR count). The summed E-state index contributed by atoms with van der Waals surface area (Å²) in [7, 11) is 0. The lowest BCUT2D eigenvalue weighted by Crippen LogP contribution is -2.24. The molecule has 1 amide bonds. The zero-order valence-corrected chi connectivity index (χ0v) is 18.3. The number of nitrogens with zero attached hydrogens (tertiary/aromatic N) is 4. The second-order valence-corrected chi connectivity index (χ2v) is 7.91. The van der Waals surface area contributed by atoms with Crippen LogP contribution in [-0.2, 0) is 6.54 Å². The standard InChI is InChI=1S/C26H20FN5O2/c1-16-7-5-6-10-20(16)24-29-21(23(28)33)22-25(30-24)32(19-13-11-18(27)12-14-19)26(34)31(22)15-17-8-3-2-4-9-17/h2-14H,15H2,1H3,(H2,28,33). The van der Waals surface area contributed by atoms with Gasteiger partial charge in [-0.1, -0.05) is 54.6 Å². The van der Waals surface area contributed by atoms with Crippen molar-refractivity contribution in [3.05, 3.63) is 112 Å². The molecule has 168 valence electrons. The quantitative estimate of drug-likeness (QED) is 0.437. The van der Waals surface area contributed by atoms with Gasteiger partial charge in [0.25, 0.3) is 5.91 Å². The van der Waals surface area contributed by atoms with E-state index in [2.05, 4.69) is 4.98 Å². The third kappa shape index (κ3) is 3.65. The minimum atomic E-state index is -0.777. The van der Waals surface area contributed by atoms with Gasteiger partial charge in [0.05, 0.1) is 12.2 Å². The Balaban J connectivity index is 1.88. The van der Waals surface area contributed by atoms with Crippen LogP contribution in [0.3, 0.4) is 0 Å². The fourth-order valence-corrected chi connectivity index (χ4v) is 4.01. The number of primary amides is 1. The number of halogens is 1. The van der Waals surface area contributed by atoms with Gasteiger partial charge in [-0.3, -0.25) is 9.36 Å². The van der Waals surface area contributed by atoms with Crippen molar-refractivity contribution in [1.82, 2.24) is 19.1 Å². The van der Waals surface area contributed by atoms with Gasteiger partial charge in [-0.05, 0) is 42.3 Å². The van der Waals surface area contributed by atoms with E-state index in [1.807, 2.05) is 61.5 Å². The average Bonchev–Trinajstić information content (AvgIpc) is 3.11. The van der Waals surface area contributed by atoms with Gasteiger partial charge in [-0.2, -0.15) is 0 Å². The number of carbonyl (C=O) groups is 1. The first-order chi connectivity index (χ1) is 16.4. The van der Waals surface area contributed by atoms with Crippen LogP contribution in [0.1, 0.15) is 21.6 Å². The molecule has 7 nitrogen and oxygen atoms in total. The van der Waals surface area contributed by atoms with Crippen LogP contribution in [0.2, 0.25) is 0 Å². The van der Waals surface area contributed by atoms with E-state index in [-0.39, 0.29) is 29.2 Å². The Morgan fingerprint density at radius 3 is 2.29 bits per heavy atom. The Morgan fingerprint density at radius 2 is 1.62 bits per heavy atom. The van der Waals surface area contributed by atoms with Gasteiger partial charge < -0.3 is 5.73 Å². The molecule has 2 aromatic heterocycles. The Bertz CT molecular complexity index is 1590. The Morgan fingerprint density at radius 1 is 0.941 bits per heavy atom. The van der Waals surface area contributed by atoms with Crippen LogP contribution in [0.4, 0.5) is 4.39 Å². The van der Waals surface area contributed by atoms with Gasteiger partial charge in [0.2, 0.25) is 0 Å². The van der Waals surface area contributed by atoms with Crippen molar-refractivity contribution >= 4 is 17.1 Å². The molecule has 5 aromatic rings. The summed E-state index contributed by atoms with van der Waals surface area (Å²) in [5.74, 6) is -0.940. The second kappa shape index (κ2) is 8.40. The molecule has 0 aliphatic heterocycles. The van der Waals surface area contributed by atoms with Gasteiger partial charge in [0.1, 0.15) is 11.3 Å². The van der Waals surface area contributed by atoms with Crippen LogP contribution in [0, 0.1) is 12.7 Å². The number of benzene rings is 3.